The Morgan fingerprint density at radius 2 is 1.74 bits per heavy atom. The van der Waals surface area contributed by atoms with Crippen LogP contribution in [-0.4, -0.2) is 52.5 Å². The van der Waals surface area contributed by atoms with Crippen LogP contribution in [0.25, 0.3) is 21.8 Å². The standard InChI is InChI=1S/C28H33N3O4/c1-28(2,3)35-27(33)31(16-15-19-11-13-20(29)14-12-19)17-21(32)18-34-25-10-6-9-24-26(25)22-7-4-5-8-23(22)30-24/h4-14,21,30,32H,15-18,29H2,1-3H3/t21-/m0/s1. The highest BCUT2D eigenvalue weighted by atomic mass is 16.6. The molecule has 0 aliphatic carbocycles. The van der Waals surface area contributed by atoms with Crippen LogP contribution in [0.15, 0.2) is 66.7 Å². The summed E-state index contributed by atoms with van der Waals surface area (Å²) in [5, 5.41) is 12.8. The average molecular weight is 476 g/mol. The van der Waals surface area contributed by atoms with Gasteiger partial charge in [0.05, 0.1) is 12.1 Å². The van der Waals surface area contributed by atoms with E-state index in [2.05, 4.69) is 4.98 Å². The van der Waals surface area contributed by atoms with Gasteiger partial charge in [-0.25, -0.2) is 4.79 Å². The van der Waals surface area contributed by atoms with Gasteiger partial charge in [0.15, 0.2) is 0 Å². The smallest absolute Gasteiger partial charge is 0.410 e. The molecule has 0 aliphatic rings. The number of nitrogens with one attached hydrogen (secondary N) is 1. The number of aliphatic hydroxyl groups excluding tert-OH is 1. The summed E-state index contributed by atoms with van der Waals surface area (Å²) in [5.41, 5.74) is 8.87. The van der Waals surface area contributed by atoms with Gasteiger partial charge in [-0.3, -0.25) is 0 Å². The lowest BCUT2D eigenvalue weighted by molar-refractivity contribution is 0.00953. The predicted octanol–water partition coefficient (Wildman–Crippen LogP) is 5.12. The van der Waals surface area contributed by atoms with E-state index in [1.807, 2.05) is 87.5 Å². The maximum Gasteiger partial charge on any atom is 0.410 e. The largest absolute Gasteiger partial charge is 0.490 e. The van der Waals surface area contributed by atoms with Crippen LogP contribution in [0.4, 0.5) is 10.5 Å². The summed E-state index contributed by atoms with van der Waals surface area (Å²) < 4.78 is 11.6. The van der Waals surface area contributed by atoms with Gasteiger partial charge in [0.2, 0.25) is 0 Å². The molecule has 0 spiro atoms. The molecule has 0 bridgehead atoms. The molecule has 4 aromatic rings. The van der Waals surface area contributed by atoms with E-state index in [-0.39, 0.29) is 13.2 Å². The van der Waals surface area contributed by atoms with Crippen molar-refractivity contribution in [3.63, 3.8) is 0 Å². The van der Waals surface area contributed by atoms with Gasteiger partial charge in [0, 0.05) is 28.5 Å². The first kappa shape index (κ1) is 24.4. The number of aromatic amines is 1. The summed E-state index contributed by atoms with van der Waals surface area (Å²) in [6.07, 6.45) is -0.748. The molecule has 0 fully saturated rings. The van der Waals surface area contributed by atoms with Crippen molar-refractivity contribution >= 4 is 33.6 Å². The highest BCUT2D eigenvalue weighted by Crippen LogP contribution is 2.33. The third-order valence-electron chi connectivity index (χ3n) is 5.66. The highest BCUT2D eigenvalue weighted by molar-refractivity contribution is 6.10. The van der Waals surface area contributed by atoms with Gasteiger partial charge in [-0.05, 0) is 63.1 Å². The number of aliphatic hydroxyl groups is 1. The number of nitrogens with two attached hydrogens (primary N) is 1. The minimum Gasteiger partial charge on any atom is -0.490 e. The van der Waals surface area contributed by atoms with Crippen molar-refractivity contribution in [3.05, 3.63) is 72.3 Å². The SMILES string of the molecule is CC(C)(C)OC(=O)N(CCc1ccc(N)cc1)C[C@H](O)COc1cccc2[nH]c3ccccc3c12. The average Bonchev–Trinajstić information content (AvgIpc) is 3.19. The van der Waals surface area contributed by atoms with E-state index >= 15 is 0 Å². The fraction of sp³-hybridized carbons (Fsp3) is 0.321. The second-order valence-corrected chi connectivity index (χ2v) is 9.73. The fourth-order valence-electron chi connectivity index (χ4n) is 4.01. The van der Waals surface area contributed by atoms with Crippen molar-refractivity contribution in [2.24, 2.45) is 0 Å². The molecule has 0 aliphatic heterocycles. The summed E-state index contributed by atoms with van der Waals surface area (Å²) in [4.78, 5) is 17.8. The van der Waals surface area contributed by atoms with Crippen molar-refractivity contribution in [2.75, 3.05) is 25.4 Å². The third-order valence-corrected chi connectivity index (χ3v) is 5.66. The molecular weight excluding hydrogens is 442 g/mol. The van der Waals surface area contributed by atoms with Crippen LogP contribution in [0.2, 0.25) is 0 Å². The fourth-order valence-corrected chi connectivity index (χ4v) is 4.01. The van der Waals surface area contributed by atoms with Crippen LogP contribution in [-0.2, 0) is 11.2 Å². The molecular formula is C28H33N3O4. The van der Waals surface area contributed by atoms with Gasteiger partial charge in [0.25, 0.3) is 0 Å². The maximum absolute atomic E-state index is 12.9. The first-order valence-electron chi connectivity index (χ1n) is 11.8. The number of hydrogen-bond acceptors (Lipinski definition) is 5. The molecule has 1 aromatic heterocycles. The summed E-state index contributed by atoms with van der Waals surface area (Å²) in [6, 6.07) is 21.4. The normalized spacial score (nSPS) is 12.6. The number of para-hydroxylation sites is 1. The van der Waals surface area contributed by atoms with Crippen molar-refractivity contribution < 1.29 is 19.4 Å². The Bertz CT molecular complexity index is 1290. The molecule has 0 unspecified atom stereocenters. The minimum atomic E-state index is -0.894. The minimum absolute atomic E-state index is 0.0415. The molecule has 1 heterocycles. The number of carbonyl (C=O) groups is 1. The van der Waals surface area contributed by atoms with Crippen molar-refractivity contribution in [2.45, 2.75) is 38.9 Å². The predicted molar refractivity (Wildman–Crippen MR) is 140 cm³/mol. The number of ether oxygens (including phenoxy) is 2. The number of hydrogen-bond donors (Lipinski definition) is 3. The molecule has 1 atom stereocenters. The maximum atomic E-state index is 12.9. The Morgan fingerprint density at radius 3 is 2.49 bits per heavy atom. The van der Waals surface area contributed by atoms with Crippen LogP contribution >= 0.6 is 0 Å². The number of H-pyrrole nitrogens is 1. The third kappa shape index (κ3) is 6.25. The van der Waals surface area contributed by atoms with Crippen molar-refractivity contribution in [1.29, 1.82) is 0 Å². The van der Waals surface area contributed by atoms with E-state index in [4.69, 9.17) is 15.2 Å². The van der Waals surface area contributed by atoms with Crippen LogP contribution in [0.5, 0.6) is 5.75 Å². The van der Waals surface area contributed by atoms with Gasteiger partial charge in [-0.15, -0.1) is 0 Å². The van der Waals surface area contributed by atoms with Crippen molar-refractivity contribution in [1.82, 2.24) is 9.88 Å². The van der Waals surface area contributed by atoms with Gasteiger partial charge in [0.1, 0.15) is 24.1 Å². The van der Waals surface area contributed by atoms with Crippen LogP contribution in [0.3, 0.4) is 0 Å². The Balaban J connectivity index is 1.44. The Morgan fingerprint density at radius 1 is 1.03 bits per heavy atom. The number of carbonyl (C=O) groups excluding carboxylic acids is 1. The quantitative estimate of drug-likeness (QED) is 0.307. The Hall–Kier alpha value is -3.71. The summed E-state index contributed by atoms with van der Waals surface area (Å²) in [6.45, 7) is 6.00. The molecule has 4 rings (SSSR count). The molecule has 0 radical (unpaired) electrons. The second-order valence-electron chi connectivity index (χ2n) is 9.73. The monoisotopic (exact) mass is 475 g/mol. The van der Waals surface area contributed by atoms with Crippen molar-refractivity contribution in [3.8, 4) is 5.75 Å². The lowest BCUT2D eigenvalue weighted by Gasteiger charge is -2.29. The molecule has 0 saturated heterocycles. The number of nitrogen functional groups attached to an aromatic ring is 1. The summed E-state index contributed by atoms with van der Waals surface area (Å²) >= 11 is 0. The number of rotatable bonds is 8. The number of nitrogens with zero attached hydrogens (tertiary/aromatic N) is 1. The Labute approximate surface area is 205 Å². The van der Waals surface area contributed by atoms with Gasteiger partial charge in [-0.1, -0.05) is 36.4 Å². The van der Waals surface area contributed by atoms with E-state index in [9.17, 15) is 9.90 Å². The second kappa shape index (κ2) is 10.3. The summed E-state index contributed by atoms with van der Waals surface area (Å²) in [7, 11) is 0. The zero-order valence-corrected chi connectivity index (χ0v) is 20.5. The molecule has 1 amide bonds. The molecule has 0 saturated carbocycles. The van der Waals surface area contributed by atoms with Crippen LogP contribution in [0, 0.1) is 0 Å². The van der Waals surface area contributed by atoms with Crippen LogP contribution in [0.1, 0.15) is 26.3 Å². The molecule has 35 heavy (non-hydrogen) atoms. The molecule has 7 heteroatoms. The zero-order valence-electron chi connectivity index (χ0n) is 20.5. The first-order valence-corrected chi connectivity index (χ1v) is 11.8. The number of fused-ring (bicyclic) bond motifs is 3. The Kier molecular flexibility index (Phi) is 7.17. The number of benzene rings is 3. The summed E-state index contributed by atoms with van der Waals surface area (Å²) in [5.74, 6) is 0.685. The highest BCUT2D eigenvalue weighted by Gasteiger charge is 2.24. The lowest BCUT2D eigenvalue weighted by atomic mass is 10.1. The van der Waals surface area contributed by atoms with Gasteiger partial charge in [-0.2, -0.15) is 0 Å². The number of aromatic nitrogens is 1. The van der Waals surface area contributed by atoms with Gasteiger partial charge >= 0.3 is 6.09 Å². The first-order chi connectivity index (χ1) is 16.7. The van der Waals surface area contributed by atoms with E-state index in [0.717, 1.165) is 27.4 Å². The molecule has 184 valence electrons. The van der Waals surface area contributed by atoms with E-state index in [1.54, 1.807) is 0 Å². The molecule has 4 N–H and O–H groups in total. The van der Waals surface area contributed by atoms with E-state index in [0.29, 0.717) is 24.4 Å². The molecule has 3 aromatic carbocycles. The van der Waals surface area contributed by atoms with Gasteiger partial charge < -0.3 is 30.2 Å². The topological polar surface area (TPSA) is 101 Å². The zero-order chi connectivity index (χ0) is 25.0. The van der Waals surface area contributed by atoms with E-state index in [1.165, 1.54) is 4.90 Å². The lowest BCUT2D eigenvalue weighted by Crippen LogP contribution is -2.43. The van der Waals surface area contributed by atoms with Crippen LogP contribution < -0.4 is 10.5 Å². The van der Waals surface area contributed by atoms with E-state index < -0.39 is 17.8 Å². The number of anilines is 1. The number of amides is 1. The molecule has 7 nitrogen and oxygen atoms in total.